The van der Waals surface area contributed by atoms with Gasteiger partial charge in [-0.1, -0.05) is 84.2 Å². The number of methoxy groups -OCH3 is 3. The molecule has 3 aliphatic heterocycles. The summed E-state index contributed by atoms with van der Waals surface area (Å²) in [6, 6.07) is -1.36. The zero-order valence-electron chi connectivity index (χ0n) is 51.4. The molecule has 0 aromatic rings. The lowest BCUT2D eigenvalue weighted by Crippen LogP contribution is -2.61. The number of cyclic esters (lactones) is 1. The van der Waals surface area contributed by atoms with Gasteiger partial charge in [-0.05, 0) is 127 Å². The normalized spacial score (nSPS) is 42.6. The number of rotatable bonds is 8. The zero-order chi connectivity index (χ0) is 59.1. The molecule has 0 aromatic carbocycles. The first-order valence-electron chi connectivity index (χ1n) is 28.9. The number of aliphatic hydroxyl groups is 2. The van der Waals surface area contributed by atoms with Gasteiger partial charge in [0.1, 0.15) is 30.1 Å². The second-order valence-electron chi connectivity index (χ2n) is 20.8. The van der Waals surface area contributed by atoms with Gasteiger partial charge in [0, 0.05) is 65.3 Å². The summed E-state index contributed by atoms with van der Waals surface area (Å²) in [4.78, 5) is 73.5. The number of carbonyl (C=O) groups is 5. The summed E-state index contributed by atoms with van der Waals surface area (Å²) < 4.78 is 103. The molecule has 16 atom stereocenters. The summed E-state index contributed by atoms with van der Waals surface area (Å²) in [5.74, 6) is -16.1. The van der Waals surface area contributed by atoms with Gasteiger partial charge in [-0.25, -0.2) is 4.79 Å². The number of ether oxygens (including phenoxy) is 5. The smallest absolute Gasteiger partial charge is 0.329 e. The van der Waals surface area contributed by atoms with Crippen molar-refractivity contribution >= 4 is 42.6 Å². The number of hydrogen-bond acceptors (Lipinski definition) is 13. The molecule has 2 saturated heterocycles. The van der Waals surface area contributed by atoms with Crippen molar-refractivity contribution in [1.29, 1.82) is 0 Å². The highest BCUT2D eigenvalue weighted by atomic mass is 31.2. The summed E-state index contributed by atoms with van der Waals surface area (Å²) in [6.07, 6.45) is 8.21. The Morgan fingerprint density at radius 2 is 1.67 bits per heavy atom. The van der Waals surface area contributed by atoms with Crippen LogP contribution in [0.4, 0.5) is 0 Å². The number of Topliss-reactive ketones (excluding diaryl/α,β-unsaturated/α-hetero) is 3. The third-order valence-corrected chi connectivity index (χ3v) is 15.7. The fraction of sp³-hybridized carbons (Fsp3) is 0.745. The topological polar surface area (TPSA) is 184 Å². The lowest BCUT2D eigenvalue weighted by atomic mass is 9.78. The van der Waals surface area contributed by atoms with Crippen LogP contribution >= 0.6 is 7.11 Å². The number of carbonyl (C=O) groups excluding carboxylic acids is 5. The summed E-state index contributed by atoms with van der Waals surface area (Å²) in [5, 5.41) is 23.8. The third-order valence-electron chi connectivity index (χ3n) is 14.9. The quantitative estimate of drug-likeness (QED) is 0.103. The number of ketones is 3. The second-order valence-corrected chi connectivity index (χ2v) is 24.1. The summed E-state index contributed by atoms with van der Waals surface area (Å²) in [7, 11) is -2.02. The van der Waals surface area contributed by atoms with Crippen LogP contribution in [0.5, 0.6) is 0 Å². The maximum Gasteiger partial charge on any atom is 0.329 e. The van der Waals surface area contributed by atoms with Crippen molar-refractivity contribution in [3.8, 4) is 0 Å². The van der Waals surface area contributed by atoms with Gasteiger partial charge >= 0.3 is 5.97 Å². The van der Waals surface area contributed by atoms with E-state index in [0.717, 1.165) is 18.1 Å². The number of amides is 1. The van der Waals surface area contributed by atoms with Crippen molar-refractivity contribution in [2.75, 3.05) is 41.1 Å². The van der Waals surface area contributed by atoms with E-state index in [9.17, 15) is 36.9 Å². The van der Waals surface area contributed by atoms with Crippen molar-refractivity contribution in [3.05, 3.63) is 47.6 Å². The van der Waals surface area contributed by atoms with Crippen molar-refractivity contribution in [3.63, 3.8) is 0 Å². The molecule has 0 aromatic heterocycles. The monoisotopic (exact) mass is 1010 g/mol. The Labute approximate surface area is 430 Å². The van der Waals surface area contributed by atoms with Gasteiger partial charge in [-0.15, -0.1) is 0 Å². The molecule has 1 amide bonds. The van der Waals surface area contributed by atoms with Crippen molar-refractivity contribution in [2.45, 2.75) is 181 Å². The average molecular weight is 1010 g/mol. The van der Waals surface area contributed by atoms with Crippen LogP contribution in [0.25, 0.3) is 0 Å². The molecule has 1 aliphatic carbocycles. The fourth-order valence-electron chi connectivity index (χ4n) is 10.1. The van der Waals surface area contributed by atoms with Crippen LogP contribution in [-0.4, -0.2) is 146 Å². The first-order valence-corrected chi connectivity index (χ1v) is 27.7. The largest absolute Gasteiger partial charge is 0.460 e. The molecule has 3 fully saturated rings. The van der Waals surface area contributed by atoms with Crippen LogP contribution in [0.3, 0.4) is 0 Å². The Balaban J connectivity index is 1.85. The first-order chi connectivity index (χ1) is 35.9. The first kappa shape index (κ1) is 47.9. The maximum absolute atomic E-state index is 14.7. The van der Waals surface area contributed by atoms with Gasteiger partial charge in [-0.2, -0.15) is 0 Å². The van der Waals surface area contributed by atoms with E-state index in [1.165, 1.54) is 52.8 Å². The predicted octanol–water partition coefficient (Wildman–Crippen LogP) is 8.08. The van der Waals surface area contributed by atoms with Crippen molar-refractivity contribution in [2.24, 2.45) is 41.4 Å². The molecule has 3 heterocycles. The van der Waals surface area contributed by atoms with E-state index in [1.807, 2.05) is 13.3 Å². The van der Waals surface area contributed by atoms with Gasteiger partial charge in [0.05, 0.1) is 28.5 Å². The van der Waals surface area contributed by atoms with Crippen LogP contribution < -0.4 is 0 Å². The molecule has 14 nitrogen and oxygen atoms in total. The minimum atomic E-state index is -3.01. The average Bonchev–Trinajstić information content (AvgIpc) is 3.35. The third kappa shape index (κ3) is 15.7. The molecule has 4 rings (SSSR count). The number of fused-ring (bicyclic) bond motifs is 3. The molecular formula is C55H88NO13P. The van der Waals surface area contributed by atoms with E-state index in [1.54, 1.807) is 33.1 Å². The minimum absolute atomic E-state index is 0.0184. The Morgan fingerprint density at radius 3 is 2.33 bits per heavy atom. The highest BCUT2D eigenvalue weighted by molar-refractivity contribution is 7.67. The number of aliphatic hydroxyl groups excluding tert-OH is 1. The number of piperidine rings is 1. The zero-order valence-corrected chi connectivity index (χ0v) is 44.3. The van der Waals surface area contributed by atoms with E-state index >= 15 is 0 Å². The molecule has 4 aliphatic rings. The highest BCUT2D eigenvalue weighted by Gasteiger charge is 2.53. The molecule has 0 radical (unpaired) electrons. The lowest BCUT2D eigenvalue weighted by Gasteiger charge is -2.42. The van der Waals surface area contributed by atoms with E-state index < -0.39 is 134 Å². The van der Waals surface area contributed by atoms with Gasteiger partial charge in [0.25, 0.3) is 11.7 Å². The maximum atomic E-state index is 14.7. The molecule has 1 unspecified atom stereocenters. The van der Waals surface area contributed by atoms with Crippen LogP contribution in [0, 0.1) is 41.4 Å². The van der Waals surface area contributed by atoms with E-state index in [2.05, 4.69) is 6.30 Å². The highest BCUT2D eigenvalue weighted by Crippen LogP contribution is 2.44. The molecule has 0 spiro atoms. The fourth-order valence-corrected chi connectivity index (χ4v) is 11.1. The molecule has 15 heteroatoms. The Hall–Kier alpha value is -3.07. The van der Waals surface area contributed by atoms with Crippen LogP contribution in [-0.2, 0) is 52.2 Å². The van der Waals surface area contributed by atoms with Crippen molar-refractivity contribution < 1.29 is 73.4 Å². The van der Waals surface area contributed by atoms with Gasteiger partial charge in [-0.3, -0.25) is 19.2 Å². The molecular weight excluding hydrogens is 914 g/mol. The second kappa shape index (κ2) is 26.8. The Kier molecular flexibility index (Phi) is 18.3. The van der Waals surface area contributed by atoms with Crippen LogP contribution in [0.1, 0.15) is 137 Å². The minimum Gasteiger partial charge on any atom is -0.460 e. The Morgan fingerprint density at radius 1 is 0.943 bits per heavy atom. The van der Waals surface area contributed by atoms with E-state index in [0.29, 0.717) is 44.1 Å². The van der Waals surface area contributed by atoms with E-state index in [-0.39, 0.29) is 55.9 Å². The lowest BCUT2D eigenvalue weighted by molar-refractivity contribution is -0.265. The van der Waals surface area contributed by atoms with Gasteiger partial charge in [0.2, 0.25) is 5.79 Å². The van der Waals surface area contributed by atoms with Crippen molar-refractivity contribution in [1.82, 2.24) is 4.90 Å². The van der Waals surface area contributed by atoms with Crippen LogP contribution in [0.15, 0.2) is 47.6 Å². The SMILES string of the molecule is [2H]C([2H])([2H])O[C@H]1C[C@@H]2CC[C@@H](C)[C@@](O)(O2)C(=O)C(=O)N2CCCC[C@H]2C(=O)O[C@H]([C@H](C)C[C@@H]2CC[C@@H](OP(=C)(C)C)[C@H](OC)C2)CC(=O)[C@H](C([2H])([2H])[2H])/C=C(\C)[C@@H](O)[C@@H](OC)C(=O)[C@H](C)C([2H])(C)[C@]([2H])(C)/C=C/C=CC=C1C. The van der Waals surface area contributed by atoms with Gasteiger partial charge < -0.3 is 43.3 Å². The summed E-state index contributed by atoms with van der Waals surface area (Å²) >= 11 is 0. The van der Waals surface area contributed by atoms with Gasteiger partial charge in [0.15, 0.2) is 5.78 Å². The van der Waals surface area contributed by atoms with Crippen LogP contribution in [0.2, 0.25) is 0 Å². The molecule has 396 valence electrons. The summed E-state index contributed by atoms with van der Waals surface area (Å²) in [6.45, 7) is 11.3. The number of esters is 1. The predicted molar refractivity (Wildman–Crippen MR) is 274 cm³/mol. The molecule has 2 bridgehead atoms. The molecule has 2 N–H and O–H groups in total. The standard InChI is InChI=1S/C55H88NO13P/c1-33-20-16-15-17-21-34(2)46(64-9)31-42-25-23-38(6)55(63,68-42)52(60)53(61)56-27-19-18-22-43(56)54(62)67-47(36(4)29-41-24-26-45(48(30-41)65-10)69-70(12,13)14)32-44(57)35(3)28-37(5)49(58)51(66-11)50(59)40(8)39(33)7/h15-17,20-21,28,33,35-36,38-43,45-49,51,58,63H,12,18-19,22-27,29-32H2,1-11,13-14H3/b17-15?,20-16+,34-21?,37-28+/t33-,35-,36-,38-,39?,40-,41+,42+,43+,45-,46+,47+,48-,49-,51-,55-/m1/s1/i3D3,9D3,33D,39D. The summed E-state index contributed by atoms with van der Waals surface area (Å²) in [5.41, 5.74) is 0.301. The number of nitrogens with zero attached hydrogens (tertiary/aromatic N) is 1. The van der Waals surface area contributed by atoms with E-state index in [4.69, 9.17) is 36.4 Å². The number of hydrogen-bond donors (Lipinski definition) is 2. The molecule has 1 saturated carbocycles. The Bertz CT molecular complexity index is 2290. The number of allylic oxidation sites excluding steroid dienone is 6. The molecule has 70 heavy (non-hydrogen) atoms.